The second kappa shape index (κ2) is 9.51. The van der Waals surface area contributed by atoms with Crippen LogP contribution in [0.25, 0.3) is 11.4 Å². The number of rotatable bonds is 8. The van der Waals surface area contributed by atoms with Gasteiger partial charge in [-0.1, -0.05) is 0 Å². The number of hydrogen-bond acceptors (Lipinski definition) is 8. The van der Waals surface area contributed by atoms with Gasteiger partial charge in [0, 0.05) is 30.5 Å². The van der Waals surface area contributed by atoms with Crippen LogP contribution in [0, 0.1) is 0 Å². The highest BCUT2D eigenvalue weighted by Gasteiger charge is 2.16. The zero-order chi connectivity index (χ0) is 20.8. The van der Waals surface area contributed by atoms with Gasteiger partial charge in [-0.05, 0) is 55.3 Å². The monoisotopic (exact) mass is 407 g/mol. The van der Waals surface area contributed by atoms with Crippen LogP contribution in [0.15, 0.2) is 48.9 Å². The molecule has 1 aliphatic heterocycles. The molecule has 0 radical (unpaired) electrons. The molecule has 3 heterocycles. The Bertz CT molecular complexity index is 975. The molecule has 1 atom stereocenters. The third-order valence-electron chi connectivity index (χ3n) is 4.96. The van der Waals surface area contributed by atoms with Crippen LogP contribution in [-0.2, 0) is 6.61 Å². The molecule has 0 bridgehead atoms. The first-order valence-electron chi connectivity index (χ1n) is 9.96. The summed E-state index contributed by atoms with van der Waals surface area (Å²) >= 11 is 0. The van der Waals surface area contributed by atoms with Crippen LogP contribution < -0.4 is 20.1 Å². The van der Waals surface area contributed by atoms with Crippen molar-refractivity contribution in [2.75, 3.05) is 25.5 Å². The van der Waals surface area contributed by atoms with Gasteiger partial charge in [-0.25, -0.2) is 4.98 Å². The first-order valence-corrected chi connectivity index (χ1v) is 9.96. The zero-order valence-electron chi connectivity index (χ0n) is 16.8. The number of ether oxygens (including phenoxy) is 2. The van der Waals surface area contributed by atoms with Crippen molar-refractivity contribution in [3.63, 3.8) is 0 Å². The lowest BCUT2D eigenvalue weighted by Crippen LogP contribution is -2.29. The molecule has 1 fully saturated rings. The fourth-order valence-electron chi connectivity index (χ4n) is 3.32. The Morgan fingerprint density at radius 2 is 2.00 bits per heavy atom. The summed E-state index contributed by atoms with van der Waals surface area (Å²) in [5.41, 5.74) is 2.13. The minimum atomic E-state index is -0.0932. The van der Waals surface area contributed by atoms with Crippen molar-refractivity contribution >= 4 is 5.69 Å². The van der Waals surface area contributed by atoms with Crippen molar-refractivity contribution in [1.29, 1.82) is 0 Å². The van der Waals surface area contributed by atoms with E-state index in [4.69, 9.17) is 9.47 Å². The Kier molecular flexibility index (Phi) is 6.36. The predicted octanol–water partition coefficient (Wildman–Crippen LogP) is 3.00. The summed E-state index contributed by atoms with van der Waals surface area (Å²) < 4.78 is 11.3. The summed E-state index contributed by atoms with van der Waals surface area (Å²) in [6.07, 6.45) is 7.33. The maximum absolute atomic E-state index is 9.39. The molecule has 0 saturated carbocycles. The minimum absolute atomic E-state index is 0.0932. The Labute approximate surface area is 175 Å². The Morgan fingerprint density at radius 1 is 1.17 bits per heavy atom. The summed E-state index contributed by atoms with van der Waals surface area (Å²) in [4.78, 5) is 13.3. The van der Waals surface area contributed by atoms with Crippen molar-refractivity contribution in [3.8, 4) is 28.8 Å². The van der Waals surface area contributed by atoms with E-state index in [1.165, 1.54) is 6.42 Å². The maximum Gasteiger partial charge on any atom is 0.246 e. The second-order valence-electron chi connectivity index (χ2n) is 7.10. The molecular weight excluding hydrogens is 382 g/mol. The summed E-state index contributed by atoms with van der Waals surface area (Å²) in [6, 6.07) is 9.57. The lowest BCUT2D eigenvalue weighted by molar-refractivity contribution is 0.281. The Morgan fingerprint density at radius 3 is 2.73 bits per heavy atom. The SMILES string of the molecule is COc1ccc(Oc2nc(-c3cncc(CO)c3)ncc2NC[C@@H]2CCCN2)cc1. The van der Waals surface area contributed by atoms with E-state index in [0.717, 1.165) is 30.9 Å². The van der Waals surface area contributed by atoms with Crippen LogP contribution in [0.2, 0.25) is 0 Å². The third kappa shape index (κ3) is 4.84. The standard InChI is InChI=1S/C22H25N5O3/c1-29-18-4-6-19(7-5-18)30-22-20(25-12-17-3-2-8-24-17)13-26-21(27-22)16-9-15(14-28)10-23-11-16/h4-7,9-11,13,17,24-25,28H,2-3,8,12,14H2,1H3/t17-/m0/s1. The van der Waals surface area contributed by atoms with E-state index in [1.807, 2.05) is 30.3 Å². The maximum atomic E-state index is 9.39. The van der Waals surface area contributed by atoms with Gasteiger partial charge in [0.15, 0.2) is 5.82 Å². The molecule has 156 valence electrons. The molecule has 30 heavy (non-hydrogen) atoms. The molecule has 0 amide bonds. The summed E-state index contributed by atoms with van der Waals surface area (Å²) in [5, 5.41) is 16.3. The summed E-state index contributed by atoms with van der Waals surface area (Å²) in [5.74, 6) is 2.30. The van der Waals surface area contributed by atoms with Crippen LogP contribution >= 0.6 is 0 Å². The minimum Gasteiger partial charge on any atom is -0.497 e. The summed E-state index contributed by atoms with van der Waals surface area (Å²) in [7, 11) is 1.63. The average Bonchev–Trinajstić information content (AvgIpc) is 3.32. The largest absolute Gasteiger partial charge is 0.497 e. The topological polar surface area (TPSA) is 101 Å². The van der Waals surface area contributed by atoms with E-state index in [-0.39, 0.29) is 6.61 Å². The lowest BCUT2D eigenvalue weighted by Gasteiger charge is -2.16. The molecule has 3 N–H and O–H groups in total. The molecule has 8 heteroatoms. The molecule has 8 nitrogen and oxygen atoms in total. The Balaban J connectivity index is 1.62. The van der Waals surface area contributed by atoms with Crippen LogP contribution in [0.3, 0.4) is 0 Å². The second-order valence-corrected chi connectivity index (χ2v) is 7.10. The fraction of sp³-hybridized carbons (Fsp3) is 0.318. The number of hydrogen-bond donors (Lipinski definition) is 3. The Hall–Kier alpha value is -3.23. The molecule has 1 aromatic carbocycles. The molecule has 0 unspecified atom stereocenters. The number of aliphatic hydroxyl groups excluding tert-OH is 1. The van der Waals surface area contributed by atoms with Gasteiger partial charge in [0.05, 0.1) is 19.9 Å². The third-order valence-corrected chi connectivity index (χ3v) is 4.96. The normalized spacial score (nSPS) is 15.7. The van der Waals surface area contributed by atoms with E-state index in [0.29, 0.717) is 34.6 Å². The quantitative estimate of drug-likeness (QED) is 0.524. The van der Waals surface area contributed by atoms with Crippen molar-refractivity contribution in [3.05, 3.63) is 54.5 Å². The van der Waals surface area contributed by atoms with Gasteiger partial charge in [-0.3, -0.25) is 4.98 Å². The molecule has 2 aromatic heterocycles. The number of nitrogens with zero attached hydrogens (tertiary/aromatic N) is 3. The van der Waals surface area contributed by atoms with Crippen molar-refractivity contribution in [1.82, 2.24) is 20.3 Å². The van der Waals surface area contributed by atoms with E-state index in [1.54, 1.807) is 25.7 Å². The van der Waals surface area contributed by atoms with Crippen LogP contribution in [-0.4, -0.2) is 46.3 Å². The number of methoxy groups -OCH3 is 1. The van der Waals surface area contributed by atoms with E-state index < -0.39 is 0 Å². The van der Waals surface area contributed by atoms with Gasteiger partial charge in [0.25, 0.3) is 0 Å². The molecule has 3 aromatic rings. The molecule has 1 saturated heterocycles. The van der Waals surface area contributed by atoms with Gasteiger partial charge in [-0.2, -0.15) is 4.98 Å². The summed E-state index contributed by atoms with van der Waals surface area (Å²) in [6.45, 7) is 1.72. The smallest absolute Gasteiger partial charge is 0.246 e. The van der Waals surface area contributed by atoms with Crippen molar-refractivity contribution in [2.24, 2.45) is 0 Å². The van der Waals surface area contributed by atoms with Gasteiger partial charge < -0.3 is 25.2 Å². The highest BCUT2D eigenvalue weighted by Crippen LogP contribution is 2.30. The zero-order valence-corrected chi connectivity index (χ0v) is 16.8. The van der Waals surface area contributed by atoms with Crippen molar-refractivity contribution < 1.29 is 14.6 Å². The van der Waals surface area contributed by atoms with Gasteiger partial charge in [0.2, 0.25) is 5.88 Å². The lowest BCUT2D eigenvalue weighted by atomic mass is 10.2. The van der Waals surface area contributed by atoms with Gasteiger partial charge in [0.1, 0.15) is 17.2 Å². The fourth-order valence-corrected chi connectivity index (χ4v) is 3.32. The van der Waals surface area contributed by atoms with E-state index in [9.17, 15) is 5.11 Å². The average molecular weight is 407 g/mol. The molecule has 1 aliphatic rings. The number of nitrogens with one attached hydrogen (secondary N) is 2. The molecular formula is C22H25N5O3. The van der Waals surface area contributed by atoms with Crippen molar-refractivity contribution in [2.45, 2.75) is 25.5 Å². The molecule has 0 aliphatic carbocycles. The van der Waals surface area contributed by atoms with E-state index >= 15 is 0 Å². The van der Waals surface area contributed by atoms with Crippen LogP contribution in [0.1, 0.15) is 18.4 Å². The highest BCUT2D eigenvalue weighted by molar-refractivity contribution is 5.60. The van der Waals surface area contributed by atoms with Crippen LogP contribution in [0.4, 0.5) is 5.69 Å². The highest BCUT2D eigenvalue weighted by atomic mass is 16.5. The number of pyridine rings is 1. The number of anilines is 1. The van der Waals surface area contributed by atoms with Gasteiger partial charge in [-0.15, -0.1) is 0 Å². The number of aliphatic hydroxyl groups is 1. The number of aromatic nitrogens is 3. The molecule has 4 rings (SSSR count). The molecule has 0 spiro atoms. The first kappa shape index (κ1) is 20.1. The van der Waals surface area contributed by atoms with Crippen LogP contribution in [0.5, 0.6) is 17.4 Å². The van der Waals surface area contributed by atoms with Gasteiger partial charge >= 0.3 is 0 Å². The first-order chi connectivity index (χ1) is 14.7. The number of benzene rings is 1. The van der Waals surface area contributed by atoms with E-state index in [2.05, 4.69) is 25.6 Å². The predicted molar refractivity (Wildman–Crippen MR) is 114 cm³/mol.